The summed E-state index contributed by atoms with van der Waals surface area (Å²) in [6.45, 7) is 2.12. The highest BCUT2D eigenvalue weighted by atomic mass is 19.1. The molecule has 0 spiro atoms. The number of carboxylic acid groups (broad SMARTS) is 1. The number of halogens is 1. The monoisotopic (exact) mass is 448 g/mol. The van der Waals surface area contributed by atoms with Crippen molar-refractivity contribution in [3.63, 3.8) is 0 Å². The van der Waals surface area contributed by atoms with Crippen molar-refractivity contribution in [1.29, 1.82) is 0 Å². The third kappa shape index (κ3) is 2.96. The number of nitrogens with zero attached hydrogens (tertiary/aromatic N) is 6. The zero-order chi connectivity index (χ0) is 22.7. The Morgan fingerprint density at radius 2 is 2.00 bits per heavy atom. The number of benzene rings is 1. The Labute approximate surface area is 186 Å². The molecule has 6 rings (SSSR count). The van der Waals surface area contributed by atoms with Crippen LogP contribution in [0.25, 0.3) is 16.9 Å². The molecule has 1 N–H and O–H groups in total. The first-order chi connectivity index (χ1) is 16.0. The number of aromatic nitrogens is 5. The molecule has 0 radical (unpaired) electrons. The van der Waals surface area contributed by atoms with Crippen LogP contribution in [-0.2, 0) is 6.54 Å². The first-order valence-electron chi connectivity index (χ1n) is 10.2. The van der Waals surface area contributed by atoms with Gasteiger partial charge in [0.05, 0.1) is 31.4 Å². The number of ether oxygens (including phenoxy) is 2. The predicted octanol–water partition coefficient (Wildman–Crippen LogP) is 3.19. The molecule has 1 amide bonds. The zero-order valence-corrected chi connectivity index (χ0v) is 17.4. The number of aryl methyl sites for hydroxylation is 1. The third-order valence-electron chi connectivity index (χ3n) is 5.94. The largest absolute Gasteiger partial charge is 0.493 e. The van der Waals surface area contributed by atoms with Crippen molar-refractivity contribution in [3.8, 4) is 22.8 Å². The number of amides is 1. The summed E-state index contributed by atoms with van der Waals surface area (Å²) in [6.07, 6.45) is 1.58. The van der Waals surface area contributed by atoms with Gasteiger partial charge in [0.2, 0.25) is 0 Å². The Hall–Kier alpha value is -4.28. The van der Waals surface area contributed by atoms with Crippen LogP contribution in [0.5, 0.6) is 11.5 Å². The molecule has 2 aliphatic heterocycles. The molecule has 11 heteroatoms. The summed E-state index contributed by atoms with van der Waals surface area (Å²) in [7, 11) is 0. The molecular weight excluding hydrogens is 431 g/mol. The highest BCUT2D eigenvalue weighted by Gasteiger charge is 2.35. The molecule has 0 bridgehead atoms. The maximum Gasteiger partial charge on any atom is 0.413 e. The van der Waals surface area contributed by atoms with Gasteiger partial charge < -0.3 is 14.6 Å². The maximum absolute atomic E-state index is 14.9. The summed E-state index contributed by atoms with van der Waals surface area (Å²) in [6, 6.07) is 6.35. The fourth-order valence-electron chi connectivity index (χ4n) is 4.45. The lowest BCUT2D eigenvalue weighted by atomic mass is 9.95. The lowest BCUT2D eigenvalue weighted by Gasteiger charge is -2.23. The molecule has 1 aromatic carbocycles. The van der Waals surface area contributed by atoms with Crippen molar-refractivity contribution >= 4 is 17.6 Å². The summed E-state index contributed by atoms with van der Waals surface area (Å²) in [5.41, 5.74) is 3.26. The molecule has 0 fully saturated rings. The smallest absolute Gasteiger partial charge is 0.413 e. The van der Waals surface area contributed by atoms with Crippen LogP contribution in [0.2, 0.25) is 0 Å². The summed E-state index contributed by atoms with van der Waals surface area (Å²) in [4.78, 5) is 21.9. The topological polar surface area (TPSA) is 115 Å². The van der Waals surface area contributed by atoms with E-state index < -0.39 is 11.9 Å². The average molecular weight is 448 g/mol. The molecule has 0 aliphatic carbocycles. The highest BCUT2D eigenvalue weighted by Crippen LogP contribution is 2.43. The predicted molar refractivity (Wildman–Crippen MR) is 113 cm³/mol. The van der Waals surface area contributed by atoms with Crippen molar-refractivity contribution < 1.29 is 23.8 Å². The molecule has 10 nitrogen and oxygen atoms in total. The van der Waals surface area contributed by atoms with E-state index in [1.165, 1.54) is 23.1 Å². The summed E-state index contributed by atoms with van der Waals surface area (Å²) < 4.78 is 28.3. The Kier molecular flexibility index (Phi) is 4.19. The molecule has 2 aliphatic rings. The van der Waals surface area contributed by atoms with E-state index in [4.69, 9.17) is 9.47 Å². The number of rotatable bonds is 1. The molecule has 3 aromatic heterocycles. The second-order valence-electron chi connectivity index (χ2n) is 7.94. The lowest BCUT2D eigenvalue weighted by Crippen LogP contribution is -2.31. The van der Waals surface area contributed by atoms with Gasteiger partial charge in [0.25, 0.3) is 0 Å². The second kappa shape index (κ2) is 7.12. The molecule has 33 heavy (non-hydrogen) atoms. The Bertz CT molecular complexity index is 1440. The van der Waals surface area contributed by atoms with Crippen molar-refractivity contribution in [2.24, 2.45) is 0 Å². The van der Waals surface area contributed by atoms with Gasteiger partial charge in [-0.3, -0.25) is 9.30 Å². The van der Waals surface area contributed by atoms with Gasteiger partial charge in [0, 0.05) is 22.4 Å². The fourth-order valence-corrected chi connectivity index (χ4v) is 4.45. The van der Waals surface area contributed by atoms with Crippen LogP contribution < -0.4 is 14.4 Å². The minimum atomic E-state index is -1.27. The van der Waals surface area contributed by atoms with Gasteiger partial charge in [0.1, 0.15) is 24.2 Å². The molecule has 0 unspecified atom stereocenters. The number of hydrogen-bond donors (Lipinski definition) is 1. The van der Waals surface area contributed by atoms with Crippen LogP contribution in [0, 0.1) is 12.7 Å². The van der Waals surface area contributed by atoms with Crippen molar-refractivity contribution in [2.75, 3.05) is 18.1 Å². The van der Waals surface area contributed by atoms with Gasteiger partial charge in [-0.05, 0) is 31.2 Å². The van der Waals surface area contributed by atoms with Gasteiger partial charge in [0.15, 0.2) is 17.2 Å². The van der Waals surface area contributed by atoms with E-state index in [0.29, 0.717) is 34.8 Å². The first-order valence-corrected chi connectivity index (χ1v) is 10.2. The van der Waals surface area contributed by atoms with Gasteiger partial charge in [-0.25, -0.2) is 19.2 Å². The third-order valence-corrected chi connectivity index (χ3v) is 5.94. The molecule has 166 valence electrons. The quantitative estimate of drug-likeness (QED) is 0.472. The van der Waals surface area contributed by atoms with Crippen LogP contribution in [-0.4, -0.2) is 49.0 Å². The normalized spacial score (nSPS) is 16.8. The Morgan fingerprint density at radius 1 is 1.18 bits per heavy atom. The van der Waals surface area contributed by atoms with E-state index >= 15 is 0 Å². The first kappa shape index (κ1) is 19.4. The number of fused-ring (bicyclic) bond motifs is 3. The number of hydrogen-bond acceptors (Lipinski definition) is 7. The highest BCUT2D eigenvalue weighted by molar-refractivity contribution is 5.90. The van der Waals surface area contributed by atoms with Crippen LogP contribution in [0.3, 0.4) is 0 Å². The van der Waals surface area contributed by atoms with Crippen LogP contribution in [0.4, 0.5) is 15.0 Å². The molecule has 1 atom stereocenters. The Balaban J connectivity index is 1.61. The van der Waals surface area contributed by atoms with Gasteiger partial charge in [-0.1, -0.05) is 0 Å². The van der Waals surface area contributed by atoms with E-state index in [1.807, 2.05) is 6.92 Å². The van der Waals surface area contributed by atoms with E-state index in [2.05, 4.69) is 20.2 Å². The van der Waals surface area contributed by atoms with Crippen LogP contribution >= 0.6 is 0 Å². The van der Waals surface area contributed by atoms with Crippen molar-refractivity contribution in [2.45, 2.75) is 19.4 Å². The lowest BCUT2D eigenvalue weighted by molar-refractivity contribution is 0.200. The maximum atomic E-state index is 14.9. The van der Waals surface area contributed by atoms with Gasteiger partial charge in [-0.2, -0.15) is 0 Å². The van der Waals surface area contributed by atoms with E-state index in [-0.39, 0.29) is 36.2 Å². The second-order valence-corrected chi connectivity index (χ2v) is 7.94. The average Bonchev–Trinajstić information content (AvgIpc) is 3.44. The molecular formula is C22H17FN6O4. The van der Waals surface area contributed by atoms with Crippen molar-refractivity contribution in [3.05, 3.63) is 59.6 Å². The van der Waals surface area contributed by atoms with E-state index in [9.17, 15) is 14.3 Å². The minimum Gasteiger partial charge on any atom is -0.493 e. The fraction of sp³-hybridized carbons (Fsp3) is 0.227. The minimum absolute atomic E-state index is 0.180. The van der Waals surface area contributed by atoms with Crippen molar-refractivity contribution in [1.82, 2.24) is 24.6 Å². The Morgan fingerprint density at radius 3 is 2.79 bits per heavy atom. The zero-order valence-electron chi connectivity index (χ0n) is 17.4. The number of pyridine rings is 1. The van der Waals surface area contributed by atoms with Crippen LogP contribution in [0.1, 0.15) is 22.7 Å². The molecule has 4 aromatic rings. The molecule has 0 saturated carbocycles. The summed E-state index contributed by atoms with van der Waals surface area (Å²) >= 11 is 0. The standard InChI is InChI=1S/C22H17FN6O4/c1-11-4-16(25-9-24-11)13-5-18-21(29-10-26-27-20(13)29)28(22(30)31)6-14-15(23)2-3-17-19(14)12(7-32-17)8-33-18/h2-5,9-10,12H,6-8H2,1H3,(H,30,31)/t12-/m0/s1. The SMILES string of the molecule is Cc1cc(-c2cc3c(n4cnnc24)N(C(=O)O)Cc2c(F)ccc4c2[C@@H](CO4)CO3)ncn1. The van der Waals surface area contributed by atoms with E-state index in [1.54, 1.807) is 18.2 Å². The van der Waals surface area contributed by atoms with E-state index in [0.717, 1.165) is 10.6 Å². The number of carbonyl (C=O) groups is 1. The van der Waals surface area contributed by atoms with Crippen LogP contribution in [0.15, 0.2) is 36.9 Å². The molecule has 5 heterocycles. The van der Waals surface area contributed by atoms with Gasteiger partial charge in [-0.15, -0.1) is 10.2 Å². The molecule has 0 saturated heterocycles. The summed E-state index contributed by atoms with van der Waals surface area (Å²) in [5, 5.41) is 18.3. The summed E-state index contributed by atoms with van der Waals surface area (Å²) in [5.74, 6) is 0.288. The number of anilines is 1. The van der Waals surface area contributed by atoms with Gasteiger partial charge >= 0.3 is 6.09 Å².